The minimum absolute atomic E-state index is 0.672. The number of aromatic nitrogens is 1. The van der Waals surface area contributed by atoms with Crippen molar-refractivity contribution in [1.82, 2.24) is 4.57 Å². The molecule has 2 nitrogen and oxygen atoms in total. The summed E-state index contributed by atoms with van der Waals surface area (Å²) in [6.07, 6.45) is 0. The second-order valence-corrected chi connectivity index (χ2v) is 11.7. The van der Waals surface area contributed by atoms with Crippen molar-refractivity contribution in [2.24, 2.45) is 0 Å². The molecule has 45 heavy (non-hydrogen) atoms. The summed E-state index contributed by atoms with van der Waals surface area (Å²) in [6.45, 7) is 0. The number of hydrogen-bond acceptors (Lipinski definition) is 1. The first-order chi connectivity index (χ1) is 22.3. The molecule has 9 rings (SSSR count). The van der Waals surface area contributed by atoms with Crippen LogP contribution in [0.3, 0.4) is 0 Å². The highest BCUT2D eigenvalue weighted by Gasteiger charge is 2.14. The van der Waals surface area contributed by atoms with E-state index >= 15 is 0 Å². The largest absolute Gasteiger partial charge is 0.309 e. The summed E-state index contributed by atoms with van der Waals surface area (Å²) in [7, 11) is 0. The van der Waals surface area contributed by atoms with Crippen LogP contribution in [0, 0.1) is 11.3 Å². The molecule has 1 heterocycles. The van der Waals surface area contributed by atoms with Crippen LogP contribution in [0.15, 0.2) is 158 Å². The second-order valence-electron chi connectivity index (χ2n) is 11.7. The van der Waals surface area contributed by atoms with Gasteiger partial charge < -0.3 is 4.57 Å². The molecule has 208 valence electrons. The summed E-state index contributed by atoms with van der Waals surface area (Å²) in [5.41, 5.74) is 8.72. The van der Waals surface area contributed by atoms with Gasteiger partial charge in [0.25, 0.3) is 0 Å². The minimum atomic E-state index is 0.672. The lowest BCUT2D eigenvalue weighted by Crippen LogP contribution is -1.94. The van der Waals surface area contributed by atoms with E-state index in [9.17, 15) is 5.26 Å². The van der Waals surface area contributed by atoms with Crippen molar-refractivity contribution in [3.8, 4) is 34.0 Å². The molecule has 0 aliphatic rings. The fraction of sp³-hybridized carbons (Fsp3) is 0. The van der Waals surface area contributed by atoms with Crippen molar-refractivity contribution in [2.45, 2.75) is 0 Å². The summed E-state index contributed by atoms with van der Waals surface area (Å²) < 4.78 is 2.30. The Bertz CT molecular complexity index is 2630. The first-order valence-electron chi connectivity index (χ1n) is 15.2. The molecule has 0 bridgehead atoms. The highest BCUT2D eigenvalue weighted by Crippen LogP contribution is 2.38. The van der Waals surface area contributed by atoms with Gasteiger partial charge in [0.05, 0.1) is 22.7 Å². The summed E-state index contributed by atoms with van der Waals surface area (Å²) in [6, 6.07) is 58.6. The van der Waals surface area contributed by atoms with E-state index in [1.165, 1.54) is 49.0 Å². The van der Waals surface area contributed by atoms with Crippen LogP contribution in [0.2, 0.25) is 0 Å². The first kappa shape index (κ1) is 25.3. The molecule has 8 aromatic carbocycles. The number of nitrogens with zero attached hydrogens (tertiary/aromatic N) is 2. The molecule has 0 amide bonds. The monoisotopic (exact) mass is 570 g/mol. The van der Waals surface area contributed by atoms with Crippen LogP contribution < -0.4 is 0 Å². The van der Waals surface area contributed by atoms with Crippen molar-refractivity contribution in [3.05, 3.63) is 163 Å². The average Bonchev–Trinajstić information content (AvgIpc) is 3.45. The SMILES string of the molecule is N#Cc1ccc2c(c1)c1ccccc1n2-c1cccc(-c2cccc(-c3ccc4c5ccccc5c5ccccc5c4c3)c2)c1. The van der Waals surface area contributed by atoms with Crippen molar-refractivity contribution < 1.29 is 0 Å². The Morgan fingerprint density at radius 1 is 0.356 bits per heavy atom. The second kappa shape index (κ2) is 9.95. The molecule has 0 aliphatic heterocycles. The molecule has 0 aliphatic carbocycles. The predicted molar refractivity (Wildman–Crippen MR) is 189 cm³/mol. The quantitative estimate of drug-likeness (QED) is 0.194. The van der Waals surface area contributed by atoms with Gasteiger partial charge in [0.2, 0.25) is 0 Å². The van der Waals surface area contributed by atoms with E-state index in [-0.39, 0.29) is 0 Å². The van der Waals surface area contributed by atoms with E-state index in [2.05, 4.69) is 156 Å². The summed E-state index contributed by atoms with van der Waals surface area (Å²) >= 11 is 0. The molecule has 0 saturated heterocycles. The van der Waals surface area contributed by atoms with Gasteiger partial charge in [-0.25, -0.2) is 0 Å². The van der Waals surface area contributed by atoms with Gasteiger partial charge in [0, 0.05) is 16.5 Å². The Morgan fingerprint density at radius 3 is 1.58 bits per heavy atom. The molecular formula is C43H26N2. The number of para-hydroxylation sites is 1. The molecule has 0 atom stereocenters. The van der Waals surface area contributed by atoms with Gasteiger partial charge in [-0.1, -0.05) is 109 Å². The fourth-order valence-corrected chi connectivity index (χ4v) is 7.11. The van der Waals surface area contributed by atoms with Crippen LogP contribution in [0.5, 0.6) is 0 Å². The highest BCUT2D eigenvalue weighted by atomic mass is 15.0. The van der Waals surface area contributed by atoms with Crippen molar-refractivity contribution in [3.63, 3.8) is 0 Å². The molecule has 2 heteroatoms. The molecular weight excluding hydrogens is 544 g/mol. The Hall–Kier alpha value is -6.17. The predicted octanol–water partition coefficient (Wildman–Crippen LogP) is 11.4. The van der Waals surface area contributed by atoms with Crippen LogP contribution >= 0.6 is 0 Å². The van der Waals surface area contributed by atoms with Gasteiger partial charge >= 0.3 is 0 Å². The summed E-state index contributed by atoms with van der Waals surface area (Å²) in [5, 5.41) is 19.5. The lowest BCUT2D eigenvalue weighted by atomic mass is 9.91. The highest BCUT2D eigenvalue weighted by molar-refractivity contribution is 6.25. The zero-order chi connectivity index (χ0) is 29.9. The lowest BCUT2D eigenvalue weighted by molar-refractivity contribution is 1.18. The molecule has 0 radical (unpaired) electrons. The van der Waals surface area contributed by atoms with Gasteiger partial charge in [-0.2, -0.15) is 5.26 Å². The third-order valence-electron chi connectivity index (χ3n) is 9.18. The number of benzene rings is 8. The summed E-state index contributed by atoms with van der Waals surface area (Å²) in [4.78, 5) is 0. The summed E-state index contributed by atoms with van der Waals surface area (Å²) in [5.74, 6) is 0. The van der Waals surface area contributed by atoms with Crippen LogP contribution in [0.1, 0.15) is 5.56 Å². The smallest absolute Gasteiger partial charge is 0.0991 e. The van der Waals surface area contributed by atoms with Crippen LogP contribution in [0.4, 0.5) is 0 Å². The molecule has 0 N–H and O–H groups in total. The Morgan fingerprint density at radius 2 is 0.889 bits per heavy atom. The number of fused-ring (bicyclic) bond motifs is 9. The van der Waals surface area contributed by atoms with Crippen LogP contribution in [0.25, 0.3) is 82.1 Å². The minimum Gasteiger partial charge on any atom is -0.309 e. The third-order valence-corrected chi connectivity index (χ3v) is 9.18. The molecule has 0 spiro atoms. The van der Waals surface area contributed by atoms with E-state index in [0.29, 0.717) is 5.56 Å². The average molecular weight is 571 g/mol. The zero-order valence-corrected chi connectivity index (χ0v) is 24.4. The molecule has 0 fully saturated rings. The Balaban J connectivity index is 1.18. The first-order valence-corrected chi connectivity index (χ1v) is 15.2. The van der Waals surface area contributed by atoms with Gasteiger partial charge in [-0.05, 0) is 103 Å². The maximum absolute atomic E-state index is 9.54. The zero-order valence-electron chi connectivity index (χ0n) is 24.4. The van der Waals surface area contributed by atoms with E-state index in [4.69, 9.17) is 0 Å². The van der Waals surface area contributed by atoms with Crippen LogP contribution in [-0.4, -0.2) is 4.57 Å². The number of hydrogen-bond donors (Lipinski definition) is 0. The van der Waals surface area contributed by atoms with Gasteiger partial charge in [0.15, 0.2) is 0 Å². The van der Waals surface area contributed by atoms with E-state index in [1.54, 1.807) is 0 Å². The van der Waals surface area contributed by atoms with E-state index in [1.807, 2.05) is 12.1 Å². The normalized spacial score (nSPS) is 11.5. The third kappa shape index (κ3) is 3.95. The topological polar surface area (TPSA) is 28.7 Å². The van der Waals surface area contributed by atoms with E-state index in [0.717, 1.165) is 33.1 Å². The van der Waals surface area contributed by atoms with Crippen LogP contribution in [-0.2, 0) is 0 Å². The van der Waals surface area contributed by atoms with Crippen molar-refractivity contribution in [1.29, 1.82) is 5.26 Å². The Labute approximate surface area is 260 Å². The molecule has 9 aromatic rings. The number of nitriles is 1. The van der Waals surface area contributed by atoms with E-state index < -0.39 is 0 Å². The van der Waals surface area contributed by atoms with Gasteiger partial charge in [-0.3, -0.25) is 0 Å². The number of rotatable bonds is 3. The van der Waals surface area contributed by atoms with Crippen molar-refractivity contribution in [2.75, 3.05) is 0 Å². The fourth-order valence-electron chi connectivity index (χ4n) is 7.11. The molecule has 1 aromatic heterocycles. The van der Waals surface area contributed by atoms with Crippen molar-refractivity contribution >= 4 is 54.1 Å². The molecule has 0 saturated carbocycles. The maximum Gasteiger partial charge on any atom is 0.0991 e. The molecule has 0 unspecified atom stereocenters. The standard InChI is InChI=1S/C43H26N2/c44-27-28-19-22-43-41(23-28)39-17-5-6-18-42(39)45(43)33-12-8-11-31(25-33)29-9-7-10-30(24-29)32-20-21-38-36-15-2-1-13-34(36)35-14-3-4-16-37(35)40(38)26-32/h1-26H. The van der Waals surface area contributed by atoms with Gasteiger partial charge in [-0.15, -0.1) is 0 Å². The lowest BCUT2D eigenvalue weighted by Gasteiger charge is -2.13. The van der Waals surface area contributed by atoms with Gasteiger partial charge in [0.1, 0.15) is 0 Å². The maximum atomic E-state index is 9.54. The Kier molecular flexibility index (Phi) is 5.60.